The molecule has 124 valence electrons. The fourth-order valence-electron chi connectivity index (χ4n) is 2.06. The molecular formula is C17H14N6OS. The first-order valence-electron chi connectivity index (χ1n) is 7.42. The summed E-state index contributed by atoms with van der Waals surface area (Å²) in [5, 5.41) is 15.6. The number of anilines is 1. The van der Waals surface area contributed by atoms with Gasteiger partial charge in [0.1, 0.15) is 12.7 Å². The molecule has 1 aromatic carbocycles. The van der Waals surface area contributed by atoms with Crippen LogP contribution in [-0.2, 0) is 10.5 Å². The highest BCUT2D eigenvalue weighted by atomic mass is 32.2. The Bertz CT molecular complexity index is 869. The normalized spacial score (nSPS) is 10.2. The fourth-order valence-corrected chi connectivity index (χ4v) is 2.84. The molecule has 0 aliphatic carbocycles. The van der Waals surface area contributed by atoms with Crippen LogP contribution >= 0.6 is 11.8 Å². The third kappa shape index (κ3) is 4.65. The summed E-state index contributed by atoms with van der Waals surface area (Å²) < 4.78 is 1.54. The van der Waals surface area contributed by atoms with Crippen LogP contribution in [0.1, 0.15) is 11.1 Å². The number of pyridine rings is 1. The molecule has 3 aromatic rings. The van der Waals surface area contributed by atoms with Crippen molar-refractivity contribution in [3.63, 3.8) is 0 Å². The summed E-state index contributed by atoms with van der Waals surface area (Å²) in [7, 11) is 0. The zero-order chi connectivity index (χ0) is 17.5. The molecular weight excluding hydrogens is 336 g/mol. The van der Waals surface area contributed by atoms with E-state index in [1.807, 2.05) is 12.1 Å². The lowest BCUT2D eigenvalue weighted by Gasteiger charge is -2.06. The van der Waals surface area contributed by atoms with E-state index in [0.717, 1.165) is 5.56 Å². The topological polar surface area (TPSA) is 96.5 Å². The molecule has 0 atom stereocenters. The van der Waals surface area contributed by atoms with E-state index < -0.39 is 0 Å². The van der Waals surface area contributed by atoms with Crippen LogP contribution in [0.15, 0.2) is 55.2 Å². The van der Waals surface area contributed by atoms with Gasteiger partial charge in [-0.25, -0.2) is 14.6 Å². The monoisotopic (exact) mass is 350 g/mol. The molecule has 1 amide bonds. The van der Waals surface area contributed by atoms with E-state index >= 15 is 0 Å². The number of nitriles is 1. The van der Waals surface area contributed by atoms with E-state index in [4.69, 9.17) is 5.26 Å². The average molecular weight is 350 g/mol. The molecule has 0 saturated heterocycles. The van der Waals surface area contributed by atoms with Crippen molar-refractivity contribution in [1.82, 2.24) is 19.7 Å². The summed E-state index contributed by atoms with van der Waals surface area (Å²) >= 11 is 1.51. The van der Waals surface area contributed by atoms with Gasteiger partial charge in [-0.1, -0.05) is 12.1 Å². The maximum absolute atomic E-state index is 12.0. The molecule has 25 heavy (non-hydrogen) atoms. The first-order chi connectivity index (χ1) is 12.2. The number of nitrogens with zero attached hydrogens (tertiary/aromatic N) is 5. The van der Waals surface area contributed by atoms with Crippen LogP contribution in [0.3, 0.4) is 0 Å². The van der Waals surface area contributed by atoms with Crippen LogP contribution in [-0.4, -0.2) is 31.4 Å². The number of thioether (sulfide) groups is 1. The van der Waals surface area contributed by atoms with Crippen LogP contribution in [0.4, 0.5) is 5.69 Å². The number of nitrogens with one attached hydrogen (secondary N) is 1. The molecule has 0 radical (unpaired) electrons. The first kappa shape index (κ1) is 16.7. The Hall–Kier alpha value is -3.18. The van der Waals surface area contributed by atoms with Gasteiger partial charge >= 0.3 is 0 Å². The van der Waals surface area contributed by atoms with E-state index in [0.29, 0.717) is 28.6 Å². The lowest BCUT2D eigenvalue weighted by Crippen LogP contribution is -2.14. The van der Waals surface area contributed by atoms with Gasteiger partial charge in [0.2, 0.25) is 5.91 Å². The van der Waals surface area contributed by atoms with Crippen molar-refractivity contribution in [3.8, 4) is 11.9 Å². The van der Waals surface area contributed by atoms with Gasteiger partial charge in [-0.3, -0.25) is 4.79 Å². The molecule has 2 heterocycles. The molecule has 1 N–H and O–H groups in total. The van der Waals surface area contributed by atoms with Gasteiger partial charge < -0.3 is 5.32 Å². The number of carbonyl (C=O) groups excluding carboxylic acids is 1. The van der Waals surface area contributed by atoms with E-state index in [2.05, 4.69) is 26.5 Å². The van der Waals surface area contributed by atoms with Crippen LogP contribution < -0.4 is 5.32 Å². The highest BCUT2D eigenvalue weighted by molar-refractivity contribution is 7.99. The Morgan fingerprint density at radius 1 is 1.24 bits per heavy atom. The second-order valence-corrected chi connectivity index (χ2v) is 6.08. The molecule has 0 saturated carbocycles. The third-order valence-electron chi connectivity index (χ3n) is 3.27. The van der Waals surface area contributed by atoms with E-state index in [1.54, 1.807) is 41.5 Å². The van der Waals surface area contributed by atoms with Gasteiger partial charge in [0, 0.05) is 5.75 Å². The fraction of sp³-hybridized carbons (Fsp3) is 0.118. The molecule has 0 aliphatic rings. The van der Waals surface area contributed by atoms with Gasteiger partial charge in [0.15, 0.2) is 5.82 Å². The van der Waals surface area contributed by atoms with Crippen LogP contribution in [0.2, 0.25) is 0 Å². The SMILES string of the molecule is N#Cc1ccc(CSCC(=O)Nc2ccc(-n3cncn3)nc2)cc1. The molecule has 3 rings (SSSR count). The van der Waals surface area contributed by atoms with Crippen molar-refractivity contribution in [2.45, 2.75) is 5.75 Å². The highest BCUT2D eigenvalue weighted by Crippen LogP contribution is 2.14. The Morgan fingerprint density at radius 2 is 2.08 bits per heavy atom. The standard InChI is InChI=1S/C17H14N6OS/c18-7-13-1-3-14(4-2-13)9-25-10-17(24)22-15-5-6-16(20-8-15)23-12-19-11-21-23/h1-6,8,11-12H,9-10H2,(H,22,24). The Labute approximate surface area is 148 Å². The second kappa shape index (κ2) is 8.08. The largest absolute Gasteiger partial charge is 0.324 e. The maximum atomic E-state index is 12.0. The van der Waals surface area contributed by atoms with Gasteiger partial charge in [-0.05, 0) is 29.8 Å². The summed E-state index contributed by atoms with van der Waals surface area (Å²) in [6.45, 7) is 0. The minimum absolute atomic E-state index is 0.0889. The maximum Gasteiger partial charge on any atom is 0.234 e. The van der Waals surface area contributed by atoms with Crippen LogP contribution in [0.5, 0.6) is 0 Å². The molecule has 7 nitrogen and oxygen atoms in total. The lowest BCUT2D eigenvalue weighted by atomic mass is 10.2. The first-order valence-corrected chi connectivity index (χ1v) is 8.58. The van der Waals surface area contributed by atoms with Crippen molar-refractivity contribution < 1.29 is 4.79 Å². The van der Waals surface area contributed by atoms with Crippen molar-refractivity contribution in [1.29, 1.82) is 5.26 Å². The second-order valence-electron chi connectivity index (χ2n) is 5.09. The number of amides is 1. The molecule has 2 aromatic heterocycles. The van der Waals surface area contributed by atoms with Crippen LogP contribution in [0.25, 0.3) is 5.82 Å². The summed E-state index contributed by atoms with van der Waals surface area (Å²) in [6.07, 6.45) is 4.57. The highest BCUT2D eigenvalue weighted by Gasteiger charge is 2.05. The summed E-state index contributed by atoms with van der Waals surface area (Å²) in [5.41, 5.74) is 2.34. The number of hydrogen-bond donors (Lipinski definition) is 1. The number of aromatic nitrogens is 4. The van der Waals surface area contributed by atoms with Gasteiger partial charge in [0.05, 0.1) is 29.3 Å². The van der Waals surface area contributed by atoms with E-state index in [-0.39, 0.29) is 5.91 Å². The number of rotatable bonds is 6. The zero-order valence-electron chi connectivity index (χ0n) is 13.2. The number of benzene rings is 1. The van der Waals surface area contributed by atoms with Crippen LogP contribution in [0, 0.1) is 11.3 Å². The average Bonchev–Trinajstić information content (AvgIpc) is 3.18. The van der Waals surface area contributed by atoms with Gasteiger partial charge in [0.25, 0.3) is 0 Å². The molecule has 0 unspecified atom stereocenters. The quantitative estimate of drug-likeness (QED) is 0.733. The number of hydrogen-bond acceptors (Lipinski definition) is 6. The third-order valence-corrected chi connectivity index (χ3v) is 4.27. The van der Waals surface area contributed by atoms with E-state index in [9.17, 15) is 4.79 Å². The molecule has 0 aliphatic heterocycles. The Kier molecular flexibility index (Phi) is 5.39. The summed E-state index contributed by atoms with van der Waals surface area (Å²) in [5.74, 6) is 1.59. The zero-order valence-corrected chi connectivity index (χ0v) is 14.0. The predicted octanol–water partition coefficient (Wildman–Crippen LogP) is 2.41. The summed E-state index contributed by atoms with van der Waals surface area (Å²) in [4.78, 5) is 20.1. The minimum Gasteiger partial charge on any atom is -0.324 e. The Balaban J connectivity index is 1.46. The smallest absolute Gasteiger partial charge is 0.234 e. The molecule has 8 heteroatoms. The Morgan fingerprint density at radius 3 is 2.72 bits per heavy atom. The predicted molar refractivity (Wildman–Crippen MR) is 95.1 cm³/mol. The molecule has 0 bridgehead atoms. The molecule has 0 spiro atoms. The van der Waals surface area contributed by atoms with Crippen molar-refractivity contribution >= 4 is 23.4 Å². The van der Waals surface area contributed by atoms with E-state index in [1.165, 1.54) is 18.1 Å². The molecule has 0 fully saturated rings. The van der Waals surface area contributed by atoms with Crippen molar-refractivity contribution in [2.75, 3.05) is 11.1 Å². The van der Waals surface area contributed by atoms with Crippen molar-refractivity contribution in [3.05, 3.63) is 66.4 Å². The van der Waals surface area contributed by atoms with Crippen molar-refractivity contribution in [2.24, 2.45) is 0 Å². The number of carbonyl (C=O) groups is 1. The van der Waals surface area contributed by atoms with Gasteiger partial charge in [-0.15, -0.1) is 11.8 Å². The van der Waals surface area contributed by atoms with Gasteiger partial charge in [-0.2, -0.15) is 10.4 Å². The summed E-state index contributed by atoms with van der Waals surface area (Å²) in [6, 6.07) is 13.0. The lowest BCUT2D eigenvalue weighted by molar-refractivity contribution is -0.113. The minimum atomic E-state index is -0.0889.